The van der Waals surface area contributed by atoms with Crippen LogP contribution in [0.5, 0.6) is 0 Å². The molecule has 3 rings (SSSR count). The number of hydrogen-bond acceptors (Lipinski definition) is 6. The average Bonchev–Trinajstić information content (AvgIpc) is 3.16. The summed E-state index contributed by atoms with van der Waals surface area (Å²) in [5, 5.41) is 5.50. The highest BCUT2D eigenvalue weighted by atomic mass is 32.2. The van der Waals surface area contributed by atoms with Gasteiger partial charge in [-0.3, -0.25) is 0 Å². The molecule has 0 aliphatic heterocycles. The van der Waals surface area contributed by atoms with Crippen LogP contribution in [0, 0.1) is 0 Å². The lowest BCUT2D eigenvalue weighted by Gasteiger charge is -2.10. The van der Waals surface area contributed by atoms with E-state index < -0.39 is 10.0 Å². The van der Waals surface area contributed by atoms with Gasteiger partial charge < -0.3 is 4.52 Å². The summed E-state index contributed by atoms with van der Waals surface area (Å²) in [5.41, 5.74) is 0. The molecule has 6 nitrogen and oxygen atoms in total. The molecule has 108 valence electrons. The number of thiophene rings is 1. The van der Waals surface area contributed by atoms with Crippen molar-refractivity contribution in [3.63, 3.8) is 0 Å². The summed E-state index contributed by atoms with van der Waals surface area (Å²) in [5.74, 6) is 0.782. The zero-order valence-corrected chi connectivity index (χ0v) is 12.4. The van der Waals surface area contributed by atoms with E-state index >= 15 is 0 Å². The van der Waals surface area contributed by atoms with Gasteiger partial charge in [-0.2, -0.15) is 4.98 Å². The van der Waals surface area contributed by atoms with E-state index in [4.69, 9.17) is 4.52 Å². The normalized spacial score (nSPS) is 16.8. The van der Waals surface area contributed by atoms with Crippen molar-refractivity contribution in [2.75, 3.05) is 0 Å². The predicted octanol–water partition coefficient (Wildman–Crippen LogP) is 2.16. The number of nitrogens with zero attached hydrogens (tertiary/aromatic N) is 2. The van der Waals surface area contributed by atoms with Crippen LogP contribution in [0.2, 0.25) is 0 Å². The Kier molecular flexibility index (Phi) is 3.86. The van der Waals surface area contributed by atoms with Crippen LogP contribution in [0.15, 0.2) is 22.0 Å². The monoisotopic (exact) mass is 313 g/mol. The molecule has 0 aromatic carbocycles. The minimum atomic E-state index is -3.28. The molecule has 1 aliphatic carbocycles. The van der Waals surface area contributed by atoms with Crippen molar-refractivity contribution in [3.05, 3.63) is 23.4 Å². The lowest BCUT2D eigenvalue weighted by molar-refractivity contribution is 0.375. The lowest BCUT2D eigenvalue weighted by atomic mass is 10.4. The molecule has 1 saturated carbocycles. The van der Waals surface area contributed by atoms with Crippen molar-refractivity contribution in [2.45, 2.75) is 37.5 Å². The Hall–Kier alpha value is -1.25. The maximum Gasteiger partial charge on any atom is 0.242 e. The van der Waals surface area contributed by atoms with Crippen LogP contribution in [-0.4, -0.2) is 23.8 Å². The average molecular weight is 313 g/mol. The van der Waals surface area contributed by atoms with E-state index in [0.29, 0.717) is 5.82 Å². The van der Waals surface area contributed by atoms with Crippen molar-refractivity contribution in [1.82, 2.24) is 14.9 Å². The fraction of sp³-hybridized carbons (Fsp3) is 0.500. The largest absolute Gasteiger partial charge is 0.337 e. The Morgan fingerprint density at radius 1 is 1.40 bits per heavy atom. The predicted molar refractivity (Wildman–Crippen MR) is 75.6 cm³/mol. The third-order valence-corrected chi connectivity index (χ3v) is 6.14. The zero-order chi connectivity index (χ0) is 14.0. The molecule has 0 amide bonds. The quantitative estimate of drug-likeness (QED) is 0.914. The first-order valence-corrected chi connectivity index (χ1v) is 8.93. The second kappa shape index (κ2) is 5.63. The van der Waals surface area contributed by atoms with E-state index in [0.717, 1.165) is 30.6 Å². The second-order valence-electron chi connectivity index (χ2n) is 4.76. The van der Waals surface area contributed by atoms with E-state index in [9.17, 15) is 8.42 Å². The SMILES string of the molecule is O=S(=O)(NCc1nc(-c2cccs2)no1)C1CCCC1. The molecule has 2 aromatic rings. The third-order valence-electron chi connectivity index (χ3n) is 3.38. The summed E-state index contributed by atoms with van der Waals surface area (Å²) in [6.07, 6.45) is 3.43. The molecule has 1 fully saturated rings. The number of hydrogen-bond donors (Lipinski definition) is 1. The fourth-order valence-corrected chi connectivity index (χ4v) is 4.47. The minimum absolute atomic E-state index is 0.0528. The smallest absolute Gasteiger partial charge is 0.242 e. The summed E-state index contributed by atoms with van der Waals surface area (Å²) >= 11 is 1.51. The van der Waals surface area contributed by atoms with E-state index in [-0.39, 0.29) is 17.7 Å². The molecule has 1 N–H and O–H groups in total. The first-order chi connectivity index (χ1) is 9.65. The summed E-state index contributed by atoms with van der Waals surface area (Å²) < 4.78 is 31.7. The van der Waals surface area contributed by atoms with Gasteiger partial charge in [0.2, 0.25) is 21.7 Å². The summed E-state index contributed by atoms with van der Waals surface area (Å²) in [6, 6.07) is 3.79. The lowest BCUT2D eigenvalue weighted by Crippen LogP contribution is -2.32. The molecule has 0 atom stereocenters. The fourth-order valence-electron chi connectivity index (χ4n) is 2.31. The van der Waals surface area contributed by atoms with Gasteiger partial charge >= 0.3 is 0 Å². The molecule has 2 heterocycles. The number of rotatable bonds is 5. The van der Waals surface area contributed by atoms with Crippen LogP contribution in [0.25, 0.3) is 10.7 Å². The van der Waals surface area contributed by atoms with Gasteiger partial charge in [-0.15, -0.1) is 11.3 Å². The number of sulfonamides is 1. The van der Waals surface area contributed by atoms with Crippen LogP contribution in [0.3, 0.4) is 0 Å². The van der Waals surface area contributed by atoms with Crippen molar-refractivity contribution in [2.24, 2.45) is 0 Å². The summed E-state index contributed by atoms with van der Waals surface area (Å²) in [7, 11) is -3.28. The van der Waals surface area contributed by atoms with Gasteiger partial charge in [-0.1, -0.05) is 24.1 Å². The van der Waals surface area contributed by atoms with Crippen LogP contribution in [0.4, 0.5) is 0 Å². The highest BCUT2D eigenvalue weighted by molar-refractivity contribution is 7.90. The van der Waals surface area contributed by atoms with Gasteiger partial charge in [0.25, 0.3) is 0 Å². The first-order valence-electron chi connectivity index (χ1n) is 6.50. The number of nitrogens with one attached hydrogen (secondary N) is 1. The van der Waals surface area contributed by atoms with E-state index in [1.54, 1.807) is 0 Å². The molecule has 20 heavy (non-hydrogen) atoms. The Morgan fingerprint density at radius 3 is 2.90 bits per heavy atom. The maximum atomic E-state index is 12.0. The highest BCUT2D eigenvalue weighted by Crippen LogP contribution is 2.24. The molecule has 0 spiro atoms. The van der Waals surface area contributed by atoms with Gasteiger partial charge in [0.05, 0.1) is 16.7 Å². The van der Waals surface area contributed by atoms with Gasteiger partial charge in [0.15, 0.2) is 0 Å². The third kappa shape index (κ3) is 2.92. The topological polar surface area (TPSA) is 85.1 Å². The Balaban J connectivity index is 1.64. The molecule has 0 unspecified atom stereocenters. The molecular formula is C12H15N3O3S2. The van der Waals surface area contributed by atoms with E-state index in [1.807, 2.05) is 17.5 Å². The van der Waals surface area contributed by atoms with Crippen molar-refractivity contribution in [3.8, 4) is 10.7 Å². The van der Waals surface area contributed by atoms with Gasteiger partial charge in [-0.25, -0.2) is 13.1 Å². The van der Waals surface area contributed by atoms with Gasteiger partial charge in [0, 0.05) is 0 Å². The Labute approximate surface area is 121 Å². The molecule has 0 radical (unpaired) electrons. The van der Waals surface area contributed by atoms with Crippen molar-refractivity contribution in [1.29, 1.82) is 0 Å². The van der Waals surface area contributed by atoms with Crippen LogP contribution in [-0.2, 0) is 16.6 Å². The van der Waals surface area contributed by atoms with Crippen molar-refractivity contribution < 1.29 is 12.9 Å². The van der Waals surface area contributed by atoms with Gasteiger partial charge in [0.1, 0.15) is 0 Å². The highest BCUT2D eigenvalue weighted by Gasteiger charge is 2.28. The minimum Gasteiger partial charge on any atom is -0.337 e. The molecule has 2 aromatic heterocycles. The van der Waals surface area contributed by atoms with Crippen molar-refractivity contribution >= 4 is 21.4 Å². The zero-order valence-electron chi connectivity index (χ0n) is 10.8. The first kappa shape index (κ1) is 13.7. The van der Waals surface area contributed by atoms with Gasteiger partial charge in [-0.05, 0) is 24.3 Å². The van der Waals surface area contributed by atoms with Crippen LogP contribution < -0.4 is 4.72 Å². The standard InChI is InChI=1S/C12H15N3O3S2/c16-20(17,9-4-1-2-5-9)13-8-11-14-12(15-18-11)10-6-3-7-19-10/h3,6-7,9,13H,1-2,4-5,8H2. The van der Waals surface area contributed by atoms with E-state index in [2.05, 4.69) is 14.9 Å². The summed E-state index contributed by atoms with van der Waals surface area (Å²) in [4.78, 5) is 5.09. The summed E-state index contributed by atoms with van der Waals surface area (Å²) in [6.45, 7) is 0.0528. The molecule has 1 aliphatic rings. The molecule has 8 heteroatoms. The maximum absolute atomic E-state index is 12.0. The van der Waals surface area contributed by atoms with E-state index in [1.165, 1.54) is 11.3 Å². The Bertz CT molecular complexity index is 658. The molecule has 0 bridgehead atoms. The Morgan fingerprint density at radius 2 is 2.20 bits per heavy atom. The van der Waals surface area contributed by atoms with Crippen LogP contribution >= 0.6 is 11.3 Å². The molecule has 0 saturated heterocycles. The molecular weight excluding hydrogens is 298 g/mol. The number of aromatic nitrogens is 2. The van der Waals surface area contributed by atoms with Crippen LogP contribution in [0.1, 0.15) is 31.6 Å². The second-order valence-corrected chi connectivity index (χ2v) is 7.75.